The van der Waals surface area contributed by atoms with Crippen molar-refractivity contribution in [3.63, 3.8) is 0 Å². The van der Waals surface area contributed by atoms with Crippen molar-refractivity contribution in [1.29, 1.82) is 0 Å². The fourth-order valence-corrected chi connectivity index (χ4v) is 3.64. The predicted molar refractivity (Wildman–Crippen MR) is 124 cm³/mol. The minimum absolute atomic E-state index is 0.0535. The van der Waals surface area contributed by atoms with Gasteiger partial charge in [0.05, 0.1) is 10.6 Å². The Morgan fingerprint density at radius 3 is 2.33 bits per heavy atom. The number of aliphatic carboxylic acids is 1. The molecular weight excluding hydrogens is 446 g/mol. The van der Waals surface area contributed by atoms with E-state index in [4.69, 9.17) is 4.74 Å². The number of nitrogens with one attached hydrogen (secondary N) is 2. The number of benzene rings is 3. The number of hydrogen-bond donors (Lipinski definition) is 3. The summed E-state index contributed by atoms with van der Waals surface area (Å²) in [6.07, 6.45) is -0.880. The third kappa shape index (κ3) is 7.34. The molecule has 0 saturated heterocycles. The topological polar surface area (TPSA) is 131 Å². The molecule has 0 saturated carbocycles. The number of carbonyl (C=O) groups is 2. The van der Waals surface area contributed by atoms with E-state index in [9.17, 15) is 24.8 Å². The third-order valence-corrected chi connectivity index (χ3v) is 5.44. The van der Waals surface area contributed by atoms with Gasteiger partial charge in [-0.3, -0.25) is 20.2 Å². The van der Waals surface area contributed by atoms with Crippen molar-refractivity contribution in [3.05, 3.63) is 100 Å². The van der Waals surface area contributed by atoms with Crippen LogP contribution in [-0.4, -0.2) is 28.1 Å². The van der Waals surface area contributed by atoms with Crippen LogP contribution in [0.1, 0.15) is 11.1 Å². The average Bonchev–Trinajstić information content (AvgIpc) is 2.82. The molecule has 3 aromatic rings. The zero-order chi connectivity index (χ0) is 23.6. The van der Waals surface area contributed by atoms with Crippen molar-refractivity contribution in [3.8, 4) is 0 Å². The number of carboxylic acid groups (broad SMARTS) is 1. The number of carbonyl (C=O) groups excluding carboxylic acids is 1. The number of nitro groups is 1. The molecule has 0 unspecified atom stereocenters. The lowest BCUT2D eigenvalue weighted by molar-refractivity contribution is -0.385. The van der Waals surface area contributed by atoms with E-state index in [1.807, 2.05) is 48.5 Å². The quantitative estimate of drug-likeness (QED) is 0.223. The van der Waals surface area contributed by atoms with Gasteiger partial charge in [-0.2, -0.15) is 0 Å². The maximum absolute atomic E-state index is 12.0. The molecule has 3 N–H and O–H groups in total. The third-order valence-electron chi connectivity index (χ3n) is 4.53. The Balaban J connectivity index is 1.66. The molecule has 10 heteroatoms. The highest BCUT2D eigenvalue weighted by atomic mass is 32.2. The number of nitro benzene ring substituents is 1. The van der Waals surface area contributed by atoms with Crippen LogP contribution in [0, 0.1) is 10.1 Å². The highest BCUT2D eigenvalue weighted by Crippen LogP contribution is 2.26. The van der Waals surface area contributed by atoms with Crippen LogP contribution in [0.2, 0.25) is 0 Å². The standard InChI is InChI=1S/C23H21N3O6S/c27-22(28)20(25-33-19-9-5-2-6-10-19)13-17-11-12-18(14-21(17)26(30)31)24-23(29)32-15-16-7-3-1-4-8-16/h1-12,14,20,25H,13,15H2,(H,24,29)(H,27,28)/t20-/m0/s1. The van der Waals surface area contributed by atoms with Gasteiger partial charge in [-0.15, -0.1) is 0 Å². The Hall–Kier alpha value is -3.89. The average molecular weight is 468 g/mol. The molecule has 0 aromatic heterocycles. The first-order chi connectivity index (χ1) is 15.9. The van der Waals surface area contributed by atoms with E-state index in [1.165, 1.54) is 18.2 Å². The lowest BCUT2D eigenvalue weighted by Gasteiger charge is -2.14. The monoisotopic (exact) mass is 467 g/mol. The van der Waals surface area contributed by atoms with Crippen LogP contribution >= 0.6 is 11.9 Å². The second kappa shape index (κ2) is 11.7. The molecule has 3 aromatic carbocycles. The highest BCUT2D eigenvalue weighted by molar-refractivity contribution is 7.97. The van der Waals surface area contributed by atoms with Gasteiger partial charge < -0.3 is 9.84 Å². The van der Waals surface area contributed by atoms with Crippen molar-refractivity contribution in [1.82, 2.24) is 4.72 Å². The fraction of sp³-hybridized carbons (Fsp3) is 0.130. The largest absolute Gasteiger partial charge is 0.480 e. The summed E-state index contributed by atoms with van der Waals surface area (Å²) in [6, 6.07) is 21.2. The molecule has 1 amide bonds. The van der Waals surface area contributed by atoms with Crippen LogP contribution in [0.15, 0.2) is 83.8 Å². The van der Waals surface area contributed by atoms with Gasteiger partial charge in [0.15, 0.2) is 0 Å². The molecule has 0 aliphatic carbocycles. The summed E-state index contributed by atoms with van der Waals surface area (Å²) in [4.78, 5) is 35.5. The Kier molecular flexibility index (Phi) is 8.39. The first-order valence-electron chi connectivity index (χ1n) is 9.87. The molecule has 0 heterocycles. The Morgan fingerprint density at radius 2 is 1.70 bits per heavy atom. The van der Waals surface area contributed by atoms with E-state index in [0.29, 0.717) is 0 Å². The van der Waals surface area contributed by atoms with E-state index in [-0.39, 0.29) is 30.0 Å². The highest BCUT2D eigenvalue weighted by Gasteiger charge is 2.24. The summed E-state index contributed by atoms with van der Waals surface area (Å²) in [5.74, 6) is -1.14. The summed E-state index contributed by atoms with van der Waals surface area (Å²) in [7, 11) is 0. The molecule has 170 valence electrons. The smallest absolute Gasteiger partial charge is 0.411 e. The summed E-state index contributed by atoms with van der Waals surface area (Å²) >= 11 is 1.13. The first kappa shape index (κ1) is 23.8. The van der Waals surface area contributed by atoms with Crippen LogP contribution in [0.3, 0.4) is 0 Å². The summed E-state index contributed by atoms with van der Waals surface area (Å²) in [5, 5.41) is 23.6. The van der Waals surface area contributed by atoms with Crippen molar-refractivity contribution >= 4 is 35.4 Å². The van der Waals surface area contributed by atoms with Gasteiger partial charge in [-0.1, -0.05) is 54.6 Å². The van der Waals surface area contributed by atoms with Crippen LogP contribution in [0.5, 0.6) is 0 Å². The summed E-state index contributed by atoms with van der Waals surface area (Å²) < 4.78 is 7.96. The summed E-state index contributed by atoms with van der Waals surface area (Å²) in [6.45, 7) is 0.0535. The zero-order valence-electron chi connectivity index (χ0n) is 17.3. The van der Waals surface area contributed by atoms with Crippen molar-refractivity contribution in [2.24, 2.45) is 0 Å². The van der Waals surface area contributed by atoms with Crippen molar-refractivity contribution in [2.45, 2.75) is 24.0 Å². The van der Waals surface area contributed by atoms with E-state index < -0.39 is 23.0 Å². The predicted octanol–water partition coefficient (Wildman–Crippen LogP) is 4.64. The molecule has 0 aliphatic heterocycles. The minimum Gasteiger partial charge on any atom is -0.480 e. The number of hydrogen-bond acceptors (Lipinski definition) is 7. The van der Waals surface area contributed by atoms with Gasteiger partial charge in [0.2, 0.25) is 0 Å². The van der Waals surface area contributed by atoms with Gasteiger partial charge in [-0.25, -0.2) is 9.52 Å². The van der Waals surface area contributed by atoms with Crippen LogP contribution < -0.4 is 10.0 Å². The van der Waals surface area contributed by atoms with Gasteiger partial charge >= 0.3 is 12.1 Å². The van der Waals surface area contributed by atoms with Crippen LogP contribution in [-0.2, 0) is 22.6 Å². The van der Waals surface area contributed by atoms with E-state index in [2.05, 4.69) is 10.0 Å². The maximum atomic E-state index is 12.0. The number of amides is 1. The molecule has 0 fully saturated rings. The number of rotatable bonds is 10. The second-order valence-corrected chi connectivity index (χ2v) is 7.83. The lowest BCUT2D eigenvalue weighted by atomic mass is 10.0. The minimum atomic E-state index is -1.14. The fourth-order valence-electron chi connectivity index (χ4n) is 2.89. The van der Waals surface area contributed by atoms with Crippen LogP contribution in [0.4, 0.5) is 16.2 Å². The van der Waals surface area contributed by atoms with E-state index >= 15 is 0 Å². The second-order valence-electron chi connectivity index (χ2n) is 6.92. The normalized spacial score (nSPS) is 11.4. The Morgan fingerprint density at radius 1 is 1.03 bits per heavy atom. The lowest BCUT2D eigenvalue weighted by Crippen LogP contribution is -2.34. The molecular formula is C23H21N3O6S. The van der Waals surface area contributed by atoms with Crippen LogP contribution in [0.25, 0.3) is 0 Å². The molecule has 1 atom stereocenters. The molecule has 0 aliphatic rings. The van der Waals surface area contributed by atoms with Crippen molar-refractivity contribution < 1.29 is 24.4 Å². The Labute approximate surface area is 194 Å². The van der Waals surface area contributed by atoms with E-state index in [0.717, 1.165) is 22.4 Å². The number of anilines is 1. The molecule has 0 bridgehead atoms. The van der Waals surface area contributed by atoms with E-state index in [1.54, 1.807) is 12.1 Å². The van der Waals surface area contributed by atoms with Gasteiger partial charge in [0.1, 0.15) is 12.6 Å². The summed E-state index contributed by atoms with van der Waals surface area (Å²) in [5.41, 5.74) is 0.891. The number of carboxylic acids is 1. The van der Waals surface area contributed by atoms with Gasteiger partial charge in [0.25, 0.3) is 5.69 Å². The van der Waals surface area contributed by atoms with Gasteiger partial charge in [-0.05, 0) is 35.7 Å². The molecule has 33 heavy (non-hydrogen) atoms. The molecule has 0 radical (unpaired) electrons. The zero-order valence-corrected chi connectivity index (χ0v) is 18.2. The molecule has 3 rings (SSSR count). The van der Waals surface area contributed by atoms with Gasteiger partial charge in [0, 0.05) is 22.9 Å². The van der Waals surface area contributed by atoms with Crippen molar-refractivity contribution in [2.75, 3.05) is 5.32 Å². The molecule has 0 spiro atoms. The Bertz CT molecular complexity index is 1110. The maximum Gasteiger partial charge on any atom is 0.411 e. The first-order valence-corrected chi connectivity index (χ1v) is 10.7. The number of ether oxygens (including phenoxy) is 1. The number of nitrogens with zero attached hydrogens (tertiary/aromatic N) is 1. The molecule has 9 nitrogen and oxygen atoms in total. The SMILES string of the molecule is O=C(Nc1ccc(C[C@H](NSc2ccccc2)C(=O)O)c([N+](=O)[O-])c1)OCc1ccccc1.